The largest absolute Gasteiger partial charge is 0.433 e. The fourth-order valence-corrected chi connectivity index (χ4v) is 1.21. The van der Waals surface area contributed by atoms with Crippen LogP contribution < -0.4 is 0 Å². The van der Waals surface area contributed by atoms with Crippen molar-refractivity contribution in [3.63, 3.8) is 0 Å². The molecule has 0 aliphatic rings. The molecule has 0 atom stereocenters. The second-order valence-corrected chi connectivity index (χ2v) is 3.65. The third kappa shape index (κ3) is 2.81. The van der Waals surface area contributed by atoms with Gasteiger partial charge in [-0.15, -0.1) is 0 Å². The van der Waals surface area contributed by atoms with Crippen molar-refractivity contribution in [1.82, 2.24) is 9.78 Å². The molecule has 0 aromatic carbocycles. The third-order valence-electron chi connectivity index (χ3n) is 1.75. The van der Waals surface area contributed by atoms with Crippen LogP contribution in [-0.2, 0) is 12.7 Å². The lowest BCUT2D eigenvalue weighted by molar-refractivity contribution is -0.144. The molecule has 3 nitrogen and oxygen atoms in total. The Morgan fingerprint density at radius 3 is 2.53 bits per heavy atom. The third-order valence-corrected chi connectivity index (χ3v) is 1.75. The summed E-state index contributed by atoms with van der Waals surface area (Å²) in [4.78, 5) is 10.3. The van der Waals surface area contributed by atoms with Gasteiger partial charge in [0.2, 0.25) is 0 Å². The van der Waals surface area contributed by atoms with Gasteiger partial charge in [-0.05, 0) is 12.0 Å². The summed E-state index contributed by atoms with van der Waals surface area (Å²) >= 11 is 0. The number of alkyl halides is 3. The Labute approximate surface area is 84.9 Å². The summed E-state index contributed by atoms with van der Waals surface area (Å²) in [6.45, 7) is 3.70. The topological polar surface area (TPSA) is 34.9 Å². The van der Waals surface area contributed by atoms with Crippen molar-refractivity contribution in [2.75, 3.05) is 0 Å². The van der Waals surface area contributed by atoms with E-state index in [0.29, 0.717) is 6.29 Å². The minimum absolute atomic E-state index is 0.0329. The molecule has 0 aliphatic heterocycles. The van der Waals surface area contributed by atoms with E-state index in [4.69, 9.17) is 0 Å². The predicted molar refractivity (Wildman–Crippen MR) is 47.5 cm³/mol. The maximum absolute atomic E-state index is 12.5. The monoisotopic (exact) mass is 220 g/mol. The fourth-order valence-electron chi connectivity index (χ4n) is 1.21. The van der Waals surface area contributed by atoms with Crippen molar-refractivity contribution in [3.8, 4) is 0 Å². The lowest BCUT2D eigenvalue weighted by atomic mass is 10.2. The summed E-state index contributed by atoms with van der Waals surface area (Å²) < 4.78 is 38.2. The molecule has 0 bridgehead atoms. The molecule has 0 saturated carbocycles. The molecular formula is C9H11F3N2O. The van der Waals surface area contributed by atoms with E-state index in [1.807, 2.05) is 0 Å². The van der Waals surface area contributed by atoms with Crippen LogP contribution in [0, 0.1) is 5.92 Å². The Morgan fingerprint density at radius 1 is 1.53 bits per heavy atom. The molecule has 0 amide bonds. The van der Waals surface area contributed by atoms with E-state index in [2.05, 4.69) is 5.10 Å². The SMILES string of the molecule is CC(C)Cn1nc(C=O)cc1C(F)(F)F. The van der Waals surface area contributed by atoms with E-state index >= 15 is 0 Å². The molecule has 0 N–H and O–H groups in total. The highest BCUT2D eigenvalue weighted by Crippen LogP contribution is 2.29. The summed E-state index contributed by atoms with van der Waals surface area (Å²) in [7, 11) is 0. The number of nitrogens with zero attached hydrogens (tertiary/aromatic N) is 2. The number of carbonyl (C=O) groups excluding carboxylic acids is 1. The second-order valence-electron chi connectivity index (χ2n) is 3.65. The number of carbonyl (C=O) groups is 1. The van der Waals surface area contributed by atoms with E-state index in [0.717, 1.165) is 10.7 Å². The van der Waals surface area contributed by atoms with Crippen molar-refractivity contribution < 1.29 is 18.0 Å². The minimum Gasteiger partial charge on any atom is -0.296 e. The number of halogens is 3. The van der Waals surface area contributed by atoms with E-state index in [1.165, 1.54) is 0 Å². The smallest absolute Gasteiger partial charge is 0.296 e. The van der Waals surface area contributed by atoms with Gasteiger partial charge in [0, 0.05) is 6.54 Å². The molecule has 6 heteroatoms. The molecule has 0 saturated heterocycles. The van der Waals surface area contributed by atoms with Crippen molar-refractivity contribution in [2.24, 2.45) is 5.92 Å². The highest BCUT2D eigenvalue weighted by atomic mass is 19.4. The molecule has 1 heterocycles. The number of hydrogen-bond donors (Lipinski definition) is 0. The van der Waals surface area contributed by atoms with Crippen LogP contribution in [0.25, 0.3) is 0 Å². The fraction of sp³-hybridized carbons (Fsp3) is 0.556. The molecule has 84 valence electrons. The minimum atomic E-state index is -4.47. The summed E-state index contributed by atoms with van der Waals surface area (Å²) in [5, 5.41) is 3.56. The maximum Gasteiger partial charge on any atom is 0.433 e. The van der Waals surface area contributed by atoms with Gasteiger partial charge in [0.25, 0.3) is 0 Å². The maximum atomic E-state index is 12.5. The Kier molecular flexibility index (Phi) is 3.16. The second kappa shape index (κ2) is 4.04. The standard InChI is InChI=1S/C9H11F3N2O/c1-6(2)4-14-8(9(10,11)12)3-7(5-15)13-14/h3,5-6H,4H2,1-2H3. The van der Waals surface area contributed by atoms with Crippen LogP contribution in [0.2, 0.25) is 0 Å². The van der Waals surface area contributed by atoms with Gasteiger partial charge < -0.3 is 0 Å². The molecule has 1 aromatic rings. The lowest BCUT2D eigenvalue weighted by Crippen LogP contribution is -2.17. The molecule has 1 rings (SSSR count). The van der Waals surface area contributed by atoms with Crippen LogP contribution in [0.3, 0.4) is 0 Å². The molecule has 0 aliphatic carbocycles. The summed E-state index contributed by atoms with van der Waals surface area (Å²) in [6, 6.07) is 0.759. The van der Waals surface area contributed by atoms with Gasteiger partial charge in [-0.1, -0.05) is 13.8 Å². The Morgan fingerprint density at radius 2 is 2.13 bits per heavy atom. The predicted octanol–water partition coefficient (Wildman–Crippen LogP) is 2.37. The Balaban J connectivity index is 3.11. The first-order valence-electron chi connectivity index (χ1n) is 4.45. The van der Waals surface area contributed by atoms with E-state index in [9.17, 15) is 18.0 Å². The van der Waals surface area contributed by atoms with Gasteiger partial charge in [-0.25, -0.2) is 0 Å². The van der Waals surface area contributed by atoms with Crippen LogP contribution in [0.4, 0.5) is 13.2 Å². The van der Waals surface area contributed by atoms with E-state index in [-0.39, 0.29) is 18.2 Å². The molecular weight excluding hydrogens is 209 g/mol. The van der Waals surface area contributed by atoms with Crippen LogP contribution in [-0.4, -0.2) is 16.1 Å². The zero-order valence-electron chi connectivity index (χ0n) is 8.38. The highest BCUT2D eigenvalue weighted by molar-refractivity contribution is 5.71. The van der Waals surface area contributed by atoms with Crippen LogP contribution >= 0.6 is 0 Å². The van der Waals surface area contributed by atoms with Crippen molar-refractivity contribution in [2.45, 2.75) is 26.6 Å². The number of hydrogen-bond acceptors (Lipinski definition) is 2. The van der Waals surface area contributed by atoms with Crippen LogP contribution in [0.5, 0.6) is 0 Å². The number of aromatic nitrogens is 2. The summed E-state index contributed by atoms with van der Waals surface area (Å²) in [6.07, 6.45) is -4.16. The van der Waals surface area contributed by atoms with Gasteiger partial charge in [0.1, 0.15) is 11.4 Å². The van der Waals surface area contributed by atoms with Crippen LogP contribution in [0.15, 0.2) is 6.07 Å². The van der Waals surface area contributed by atoms with Gasteiger partial charge in [-0.3, -0.25) is 9.48 Å². The van der Waals surface area contributed by atoms with Crippen molar-refractivity contribution >= 4 is 6.29 Å². The molecule has 0 fully saturated rings. The van der Waals surface area contributed by atoms with E-state index in [1.54, 1.807) is 13.8 Å². The number of rotatable bonds is 3. The first-order valence-corrected chi connectivity index (χ1v) is 4.45. The lowest BCUT2D eigenvalue weighted by Gasteiger charge is -2.11. The van der Waals surface area contributed by atoms with Crippen molar-refractivity contribution in [1.29, 1.82) is 0 Å². The normalized spacial score (nSPS) is 12.1. The van der Waals surface area contributed by atoms with Gasteiger partial charge in [-0.2, -0.15) is 18.3 Å². The summed E-state index contributed by atoms with van der Waals surface area (Å²) in [5.41, 5.74) is -1.07. The summed E-state index contributed by atoms with van der Waals surface area (Å²) in [5.74, 6) is 0.0329. The molecule has 0 unspecified atom stereocenters. The Bertz CT molecular complexity index is 355. The van der Waals surface area contributed by atoms with Gasteiger partial charge in [0.05, 0.1) is 0 Å². The zero-order chi connectivity index (χ0) is 11.6. The average molecular weight is 220 g/mol. The molecule has 1 aromatic heterocycles. The first-order chi connectivity index (χ1) is 6.84. The zero-order valence-corrected chi connectivity index (χ0v) is 8.38. The Hall–Kier alpha value is -1.33. The number of aldehydes is 1. The van der Waals surface area contributed by atoms with Gasteiger partial charge >= 0.3 is 6.18 Å². The highest BCUT2D eigenvalue weighted by Gasteiger charge is 2.35. The molecule has 0 spiro atoms. The average Bonchev–Trinajstić information content (AvgIpc) is 2.45. The molecule has 0 radical (unpaired) electrons. The quantitative estimate of drug-likeness (QED) is 0.733. The van der Waals surface area contributed by atoms with Crippen molar-refractivity contribution in [3.05, 3.63) is 17.5 Å². The molecule has 15 heavy (non-hydrogen) atoms. The van der Waals surface area contributed by atoms with E-state index < -0.39 is 11.9 Å². The van der Waals surface area contributed by atoms with Crippen LogP contribution in [0.1, 0.15) is 30.0 Å². The van der Waals surface area contributed by atoms with Gasteiger partial charge in [0.15, 0.2) is 6.29 Å². The first kappa shape index (κ1) is 11.7.